The number of rotatable bonds is 4. The molecule has 0 aliphatic rings. The number of nitrogens with zero attached hydrogens (tertiary/aromatic N) is 1. The molecule has 0 radical (unpaired) electrons. The minimum atomic E-state index is -1.70. The van der Waals surface area contributed by atoms with Gasteiger partial charge in [-0.25, -0.2) is 4.39 Å². The van der Waals surface area contributed by atoms with E-state index in [0.29, 0.717) is 16.7 Å². The van der Waals surface area contributed by atoms with Crippen LogP contribution in [0.25, 0.3) is 0 Å². The second-order valence-corrected chi connectivity index (χ2v) is 4.24. The lowest BCUT2D eigenvalue weighted by Crippen LogP contribution is -1.87. The lowest BCUT2D eigenvalue weighted by Gasteiger charge is -2.01. The van der Waals surface area contributed by atoms with Crippen molar-refractivity contribution >= 4 is 29.6 Å². The monoisotopic (exact) mass is 237 g/mol. The zero-order valence-electron chi connectivity index (χ0n) is 6.72. The van der Waals surface area contributed by atoms with Crippen LogP contribution in [0.15, 0.2) is 29.2 Å². The summed E-state index contributed by atoms with van der Waals surface area (Å²) in [5.74, 6) is 0. The molecule has 3 nitrogen and oxygen atoms in total. The number of halogens is 2. The van der Waals surface area contributed by atoms with E-state index >= 15 is 0 Å². The van der Waals surface area contributed by atoms with Gasteiger partial charge in [0.1, 0.15) is 0 Å². The molecule has 7 heteroatoms. The third-order valence-corrected chi connectivity index (χ3v) is 2.72. The summed E-state index contributed by atoms with van der Waals surface area (Å²) in [7, 11) is 0. The average Bonchev–Trinajstić information content (AvgIpc) is 2.18. The Morgan fingerprint density at radius 3 is 2.36 bits per heavy atom. The number of alkyl halides is 1. The summed E-state index contributed by atoms with van der Waals surface area (Å²) in [6, 6.07) is 5.26. The first kappa shape index (κ1) is 11.3. The Morgan fingerprint density at radius 1 is 1.36 bits per heavy atom. The van der Waals surface area contributed by atoms with Gasteiger partial charge in [-0.15, -0.1) is 0 Å². The van der Waals surface area contributed by atoms with Crippen LogP contribution in [-0.2, 0) is 0 Å². The van der Waals surface area contributed by atoms with Crippen LogP contribution in [0.2, 0.25) is 0 Å². The van der Waals surface area contributed by atoms with Gasteiger partial charge in [-0.2, -0.15) is 3.89 Å². The van der Waals surface area contributed by atoms with Crippen LogP contribution in [0.5, 0.6) is 0 Å². The molecule has 0 aromatic heterocycles. The second kappa shape index (κ2) is 5.16. The summed E-state index contributed by atoms with van der Waals surface area (Å²) >= 11 is 0.255. The van der Waals surface area contributed by atoms with E-state index < -0.39 is 21.9 Å². The first-order valence-electron chi connectivity index (χ1n) is 3.46. The van der Waals surface area contributed by atoms with Gasteiger partial charge in [-0.05, 0) is 12.1 Å². The maximum absolute atomic E-state index is 12.5. The van der Waals surface area contributed by atoms with Gasteiger partial charge in [0, 0.05) is 17.0 Å². The van der Waals surface area contributed by atoms with Crippen molar-refractivity contribution in [2.75, 3.05) is 0 Å². The molecule has 1 unspecified atom stereocenters. The Labute approximate surface area is 87.3 Å². The van der Waals surface area contributed by atoms with Crippen LogP contribution in [0.1, 0.15) is 0 Å². The van der Waals surface area contributed by atoms with Crippen LogP contribution >= 0.6 is 23.9 Å². The molecule has 0 amide bonds. The Hall–Kier alpha value is -0.820. The van der Waals surface area contributed by atoms with Gasteiger partial charge in [0.25, 0.3) is 5.69 Å². The van der Waals surface area contributed by atoms with E-state index in [2.05, 4.69) is 0 Å². The van der Waals surface area contributed by atoms with Crippen molar-refractivity contribution in [2.45, 2.75) is 9.73 Å². The molecule has 1 rings (SSSR count). The van der Waals surface area contributed by atoms with Crippen LogP contribution in [0.4, 0.5) is 14.0 Å². The molecule has 0 bridgehead atoms. The second-order valence-electron chi connectivity index (χ2n) is 2.23. The summed E-state index contributed by atoms with van der Waals surface area (Å²) < 4.78 is 24.2. The van der Waals surface area contributed by atoms with Crippen molar-refractivity contribution in [1.82, 2.24) is 0 Å². The van der Waals surface area contributed by atoms with Crippen molar-refractivity contribution in [3.05, 3.63) is 34.4 Å². The molecule has 0 heterocycles. The molecule has 0 N–H and O–H groups in total. The van der Waals surface area contributed by atoms with Gasteiger partial charge < -0.3 is 0 Å². The maximum Gasteiger partial charge on any atom is 0.269 e. The highest BCUT2D eigenvalue weighted by atomic mass is 32.2. The SMILES string of the molecule is O=[N+]([O-])c1ccc(SC(F)SF)cc1. The first-order valence-corrected chi connectivity index (χ1v) is 5.12. The molecule has 1 aromatic rings. The minimum Gasteiger partial charge on any atom is -0.258 e. The predicted octanol–water partition coefficient (Wildman–Crippen LogP) is 3.56. The molecule has 0 aliphatic heterocycles. The van der Waals surface area contributed by atoms with Gasteiger partial charge in [-0.3, -0.25) is 10.1 Å². The first-order chi connectivity index (χ1) is 6.63. The van der Waals surface area contributed by atoms with Gasteiger partial charge in [0.2, 0.25) is 4.84 Å². The van der Waals surface area contributed by atoms with Crippen LogP contribution in [-0.4, -0.2) is 9.76 Å². The summed E-state index contributed by atoms with van der Waals surface area (Å²) in [6.07, 6.45) is 0. The van der Waals surface area contributed by atoms with Crippen LogP contribution in [0.3, 0.4) is 0 Å². The standard InChI is InChI=1S/C7H5F2NO2S2/c8-7(14-9)13-6-3-1-5(2-4-6)10(11)12/h1-4,7H. The molecule has 0 saturated carbocycles. The highest BCUT2D eigenvalue weighted by Gasteiger charge is 2.10. The fraction of sp³-hybridized carbons (Fsp3) is 0.143. The number of benzene rings is 1. The topological polar surface area (TPSA) is 43.1 Å². The molecule has 0 saturated heterocycles. The third kappa shape index (κ3) is 3.15. The van der Waals surface area contributed by atoms with E-state index in [1.807, 2.05) is 0 Å². The highest BCUT2D eigenvalue weighted by molar-refractivity contribution is 8.14. The Kier molecular flexibility index (Phi) is 4.15. The number of nitro benzene ring substituents is 1. The Morgan fingerprint density at radius 2 is 1.93 bits per heavy atom. The molecule has 1 aromatic carbocycles. The average molecular weight is 237 g/mol. The number of hydrogen-bond acceptors (Lipinski definition) is 4. The van der Waals surface area contributed by atoms with Gasteiger partial charge in [-0.1, -0.05) is 11.8 Å². The predicted molar refractivity (Wildman–Crippen MR) is 52.5 cm³/mol. The summed E-state index contributed by atoms with van der Waals surface area (Å²) in [5, 5.41) is 10.3. The molecule has 0 fully saturated rings. The lowest BCUT2D eigenvalue weighted by molar-refractivity contribution is -0.384. The van der Waals surface area contributed by atoms with E-state index in [4.69, 9.17) is 0 Å². The van der Waals surface area contributed by atoms with Crippen LogP contribution < -0.4 is 0 Å². The maximum atomic E-state index is 12.5. The van der Waals surface area contributed by atoms with Gasteiger partial charge in [0.15, 0.2) is 0 Å². The molecular weight excluding hydrogens is 232 g/mol. The molecule has 0 spiro atoms. The zero-order chi connectivity index (χ0) is 10.6. The van der Waals surface area contributed by atoms with E-state index in [1.165, 1.54) is 24.3 Å². The smallest absolute Gasteiger partial charge is 0.258 e. The Bertz CT molecular complexity index is 320. The van der Waals surface area contributed by atoms with E-state index in [-0.39, 0.29) is 5.69 Å². The van der Waals surface area contributed by atoms with Gasteiger partial charge >= 0.3 is 0 Å². The number of thioether (sulfide) groups is 1. The molecule has 76 valence electrons. The van der Waals surface area contributed by atoms with Gasteiger partial charge in [0.05, 0.1) is 17.1 Å². The molecule has 14 heavy (non-hydrogen) atoms. The largest absolute Gasteiger partial charge is 0.269 e. The minimum absolute atomic E-state index is 0.0716. The zero-order valence-corrected chi connectivity index (χ0v) is 8.36. The molecular formula is C7H5F2NO2S2. The van der Waals surface area contributed by atoms with E-state index in [1.54, 1.807) is 0 Å². The summed E-state index contributed by atoms with van der Waals surface area (Å²) in [6.45, 7) is 0. The van der Waals surface area contributed by atoms with Crippen LogP contribution in [0, 0.1) is 10.1 Å². The van der Waals surface area contributed by atoms with Crippen molar-refractivity contribution in [2.24, 2.45) is 0 Å². The van der Waals surface area contributed by atoms with Crippen molar-refractivity contribution in [3.63, 3.8) is 0 Å². The fourth-order valence-electron chi connectivity index (χ4n) is 0.772. The van der Waals surface area contributed by atoms with E-state index in [0.717, 1.165) is 0 Å². The Balaban J connectivity index is 2.68. The third-order valence-electron chi connectivity index (χ3n) is 1.35. The summed E-state index contributed by atoms with van der Waals surface area (Å²) in [5.41, 5.74) is -0.0716. The van der Waals surface area contributed by atoms with E-state index in [9.17, 15) is 18.4 Å². The highest BCUT2D eigenvalue weighted by Crippen LogP contribution is 2.32. The van der Waals surface area contributed by atoms with Crippen molar-refractivity contribution < 1.29 is 13.2 Å². The van der Waals surface area contributed by atoms with Crippen molar-refractivity contribution in [1.29, 1.82) is 0 Å². The number of nitro groups is 1. The normalized spacial score (nSPS) is 12.4. The number of non-ortho nitro benzene ring substituents is 1. The molecule has 0 aliphatic carbocycles. The number of hydrogen-bond donors (Lipinski definition) is 0. The lowest BCUT2D eigenvalue weighted by atomic mass is 10.3. The quantitative estimate of drug-likeness (QED) is 0.347. The van der Waals surface area contributed by atoms with Crippen molar-refractivity contribution in [3.8, 4) is 0 Å². The fourth-order valence-corrected chi connectivity index (χ4v) is 1.76. The molecule has 1 atom stereocenters. The summed E-state index contributed by atoms with van der Waals surface area (Å²) in [4.78, 5) is 8.46.